The van der Waals surface area contributed by atoms with Crippen LogP contribution in [-0.4, -0.2) is 49.3 Å². The summed E-state index contributed by atoms with van der Waals surface area (Å²) < 4.78 is 17.8. The maximum absolute atomic E-state index is 14.1. The van der Waals surface area contributed by atoms with Crippen molar-refractivity contribution in [2.24, 2.45) is 4.99 Å². The standard InChI is InChI=1S/C34H40N2O5/c1-3-4-8-22-35-33(38)34(21-10-14-26-12-6-5-7-13-26)31(28-15-9-16-30(25-28)39-2)41-32(36-34)27-17-19-29(20-18-27)40-24-11-23-37/h5-7,9-10,12-20,25,31,37H,3-4,8,11,21-24H2,1-2H3,(H,35,38)/b14-10+/t31-,34-/m1/s1. The molecule has 41 heavy (non-hydrogen) atoms. The number of benzene rings is 3. The highest BCUT2D eigenvalue weighted by Crippen LogP contribution is 2.43. The minimum atomic E-state index is -1.23. The van der Waals surface area contributed by atoms with Gasteiger partial charge in [-0.05, 0) is 53.9 Å². The number of hydrogen-bond acceptors (Lipinski definition) is 6. The first-order valence-electron chi connectivity index (χ1n) is 14.3. The van der Waals surface area contributed by atoms with Crippen LogP contribution in [0.3, 0.4) is 0 Å². The number of aliphatic imine (C=N–C) groups is 1. The van der Waals surface area contributed by atoms with Crippen molar-refractivity contribution in [1.82, 2.24) is 5.32 Å². The minimum absolute atomic E-state index is 0.0791. The first kappa shape index (κ1) is 29.9. The minimum Gasteiger partial charge on any atom is -0.497 e. The Morgan fingerprint density at radius 3 is 2.56 bits per heavy atom. The van der Waals surface area contributed by atoms with Crippen LogP contribution in [0.2, 0.25) is 0 Å². The fourth-order valence-corrected chi connectivity index (χ4v) is 4.79. The van der Waals surface area contributed by atoms with Crippen LogP contribution in [0, 0.1) is 0 Å². The molecule has 0 saturated carbocycles. The van der Waals surface area contributed by atoms with E-state index in [0.717, 1.165) is 36.0 Å². The van der Waals surface area contributed by atoms with Crippen LogP contribution in [0.15, 0.2) is 89.9 Å². The van der Waals surface area contributed by atoms with Gasteiger partial charge < -0.3 is 24.6 Å². The number of amides is 1. The van der Waals surface area contributed by atoms with Crippen molar-refractivity contribution in [1.29, 1.82) is 0 Å². The Labute approximate surface area is 242 Å². The molecule has 1 aliphatic heterocycles. The molecule has 1 amide bonds. The number of rotatable bonds is 15. The lowest BCUT2D eigenvalue weighted by Crippen LogP contribution is -2.48. The molecule has 0 unspecified atom stereocenters. The first-order valence-corrected chi connectivity index (χ1v) is 14.3. The topological polar surface area (TPSA) is 89.4 Å². The predicted molar refractivity (Wildman–Crippen MR) is 162 cm³/mol. The van der Waals surface area contributed by atoms with Crippen LogP contribution in [0.1, 0.15) is 61.8 Å². The first-order chi connectivity index (χ1) is 20.1. The van der Waals surface area contributed by atoms with Crippen molar-refractivity contribution >= 4 is 17.9 Å². The molecule has 2 N–H and O–H groups in total. The van der Waals surface area contributed by atoms with Crippen LogP contribution in [-0.2, 0) is 9.53 Å². The van der Waals surface area contributed by atoms with Crippen molar-refractivity contribution in [2.45, 2.75) is 50.7 Å². The molecule has 0 aliphatic carbocycles. The molecule has 0 saturated heterocycles. The normalized spacial score (nSPS) is 18.1. The Morgan fingerprint density at radius 1 is 1.02 bits per heavy atom. The van der Waals surface area contributed by atoms with Gasteiger partial charge in [-0.15, -0.1) is 0 Å². The summed E-state index contributed by atoms with van der Waals surface area (Å²) in [5, 5.41) is 12.2. The summed E-state index contributed by atoms with van der Waals surface area (Å²) in [5.74, 6) is 1.60. The lowest BCUT2D eigenvalue weighted by atomic mass is 9.84. The highest BCUT2D eigenvalue weighted by molar-refractivity contribution is 6.01. The number of aliphatic hydroxyl groups is 1. The number of nitrogens with zero attached hydrogens (tertiary/aromatic N) is 1. The van der Waals surface area contributed by atoms with Crippen molar-refractivity contribution in [3.8, 4) is 11.5 Å². The van der Waals surface area contributed by atoms with Gasteiger partial charge in [0.05, 0.1) is 13.7 Å². The van der Waals surface area contributed by atoms with Crippen LogP contribution in [0.5, 0.6) is 11.5 Å². The Balaban J connectivity index is 1.72. The number of hydrogen-bond donors (Lipinski definition) is 2. The molecule has 3 aromatic rings. The molecule has 0 radical (unpaired) electrons. The smallest absolute Gasteiger partial charge is 0.252 e. The van der Waals surface area contributed by atoms with Crippen molar-refractivity contribution in [3.63, 3.8) is 0 Å². The Hall–Kier alpha value is -4.10. The molecule has 0 bridgehead atoms. The fourth-order valence-electron chi connectivity index (χ4n) is 4.79. The zero-order chi connectivity index (χ0) is 28.9. The molecule has 0 spiro atoms. The van der Waals surface area contributed by atoms with E-state index in [9.17, 15) is 4.79 Å². The van der Waals surface area contributed by atoms with Gasteiger partial charge in [0.1, 0.15) is 11.5 Å². The third-order valence-corrected chi connectivity index (χ3v) is 7.03. The third-order valence-electron chi connectivity index (χ3n) is 7.03. The van der Waals surface area contributed by atoms with E-state index >= 15 is 0 Å². The number of aliphatic hydroxyl groups excluding tert-OH is 1. The highest BCUT2D eigenvalue weighted by atomic mass is 16.5. The molecule has 1 heterocycles. The van der Waals surface area contributed by atoms with Crippen molar-refractivity contribution < 1.29 is 24.1 Å². The summed E-state index contributed by atoms with van der Waals surface area (Å²) in [6, 6.07) is 25.1. The molecule has 0 fully saturated rings. The lowest BCUT2D eigenvalue weighted by molar-refractivity contribution is -0.128. The molecular weight excluding hydrogens is 516 g/mol. The number of carbonyl (C=O) groups excluding carboxylic acids is 1. The monoisotopic (exact) mass is 556 g/mol. The summed E-state index contributed by atoms with van der Waals surface area (Å²) in [7, 11) is 1.62. The molecule has 0 aromatic heterocycles. The number of methoxy groups -OCH3 is 1. The molecule has 1 aliphatic rings. The lowest BCUT2D eigenvalue weighted by Gasteiger charge is -2.30. The average Bonchev–Trinajstić information content (AvgIpc) is 3.41. The zero-order valence-corrected chi connectivity index (χ0v) is 23.9. The maximum Gasteiger partial charge on any atom is 0.252 e. The second-order valence-electron chi connectivity index (χ2n) is 10.0. The van der Waals surface area contributed by atoms with E-state index < -0.39 is 11.6 Å². The van der Waals surface area contributed by atoms with Gasteiger partial charge in [0.15, 0.2) is 11.6 Å². The molecule has 7 heteroatoms. The van der Waals surface area contributed by atoms with Crippen LogP contribution >= 0.6 is 0 Å². The summed E-state index contributed by atoms with van der Waals surface area (Å²) in [6.45, 7) is 3.23. The SMILES string of the molecule is CCCCCNC(=O)[C@]1(C/C=C/c2ccccc2)N=C(c2ccc(OCCCO)cc2)O[C@@H]1c1cccc(OC)c1. The van der Waals surface area contributed by atoms with E-state index in [0.29, 0.717) is 43.4 Å². The second-order valence-corrected chi connectivity index (χ2v) is 10.0. The van der Waals surface area contributed by atoms with Gasteiger partial charge in [-0.2, -0.15) is 0 Å². The number of unbranched alkanes of at least 4 members (excludes halogenated alkanes) is 2. The number of carbonyl (C=O) groups is 1. The zero-order valence-electron chi connectivity index (χ0n) is 23.9. The second kappa shape index (κ2) is 15.1. The fraction of sp³-hybridized carbons (Fsp3) is 0.353. The van der Waals surface area contributed by atoms with E-state index in [1.54, 1.807) is 7.11 Å². The van der Waals surface area contributed by atoms with Crippen LogP contribution in [0.4, 0.5) is 0 Å². The summed E-state index contributed by atoms with van der Waals surface area (Å²) in [5.41, 5.74) is 1.38. The van der Waals surface area contributed by atoms with E-state index in [1.807, 2.05) is 91.0 Å². The maximum atomic E-state index is 14.1. The van der Waals surface area contributed by atoms with E-state index in [4.69, 9.17) is 24.3 Å². The largest absolute Gasteiger partial charge is 0.497 e. The van der Waals surface area contributed by atoms with Gasteiger partial charge in [0.25, 0.3) is 5.91 Å². The predicted octanol–water partition coefficient (Wildman–Crippen LogP) is 6.12. The number of nitrogens with one attached hydrogen (secondary N) is 1. The third kappa shape index (κ3) is 7.76. The molecule has 2 atom stereocenters. The molecule has 7 nitrogen and oxygen atoms in total. The Bertz CT molecular complexity index is 1310. The van der Waals surface area contributed by atoms with Gasteiger partial charge in [-0.25, -0.2) is 4.99 Å². The summed E-state index contributed by atoms with van der Waals surface area (Å²) >= 11 is 0. The van der Waals surface area contributed by atoms with Gasteiger partial charge in [-0.3, -0.25) is 4.79 Å². The highest BCUT2D eigenvalue weighted by Gasteiger charge is 2.52. The molecule has 3 aromatic carbocycles. The van der Waals surface area contributed by atoms with E-state index in [-0.39, 0.29) is 12.5 Å². The molecular formula is C34H40N2O5. The summed E-state index contributed by atoms with van der Waals surface area (Å²) in [6.07, 6.45) is 7.26. The van der Waals surface area contributed by atoms with E-state index in [2.05, 4.69) is 12.2 Å². The van der Waals surface area contributed by atoms with Gasteiger partial charge in [0.2, 0.25) is 5.90 Å². The van der Waals surface area contributed by atoms with Gasteiger partial charge in [0, 0.05) is 31.6 Å². The average molecular weight is 557 g/mol. The Morgan fingerprint density at radius 2 is 1.83 bits per heavy atom. The number of ether oxygens (including phenoxy) is 3. The Kier molecular flexibility index (Phi) is 11.0. The van der Waals surface area contributed by atoms with Crippen LogP contribution < -0.4 is 14.8 Å². The van der Waals surface area contributed by atoms with E-state index in [1.165, 1.54) is 0 Å². The van der Waals surface area contributed by atoms with Crippen molar-refractivity contribution in [2.75, 3.05) is 26.9 Å². The molecule has 216 valence electrons. The van der Waals surface area contributed by atoms with Gasteiger partial charge in [-0.1, -0.05) is 74.4 Å². The van der Waals surface area contributed by atoms with Crippen LogP contribution in [0.25, 0.3) is 6.08 Å². The van der Waals surface area contributed by atoms with Crippen molar-refractivity contribution in [3.05, 3.63) is 102 Å². The molecule has 4 rings (SSSR count). The summed E-state index contributed by atoms with van der Waals surface area (Å²) in [4.78, 5) is 19.1. The van der Waals surface area contributed by atoms with Gasteiger partial charge >= 0.3 is 0 Å². The quantitative estimate of drug-likeness (QED) is 0.220.